The third-order valence-electron chi connectivity index (χ3n) is 5.55. The van der Waals surface area contributed by atoms with E-state index in [1.54, 1.807) is 0 Å². The molecule has 3 nitrogen and oxygen atoms in total. The van der Waals surface area contributed by atoms with Crippen LogP contribution in [0.2, 0.25) is 0 Å². The van der Waals surface area contributed by atoms with Gasteiger partial charge < -0.3 is 0 Å². The largest absolute Gasteiger partial charge is 0.192 e. The van der Waals surface area contributed by atoms with E-state index in [1.807, 2.05) is 127 Å². The lowest BCUT2D eigenvalue weighted by molar-refractivity contribution is 1.51. The summed E-state index contributed by atoms with van der Waals surface area (Å²) in [5.41, 5.74) is 6.44. The van der Waals surface area contributed by atoms with Crippen LogP contribution in [0.25, 0.3) is 34.9 Å². The zero-order valence-electron chi connectivity index (χ0n) is 19.5. The first-order valence-corrected chi connectivity index (χ1v) is 11.4. The molecule has 0 unspecified atom stereocenters. The minimum absolute atomic E-state index is 0.527. The van der Waals surface area contributed by atoms with Crippen LogP contribution < -0.4 is 0 Å². The van der Waals surface area contributed by atoms with Gasteiger partial charge in [0.1, 0.15) is 0 Å². The molecule has 0 aliphatic rings. The van der Waals surface area contributed by atoms with Gasteiger partial charge in [-0.15, -0.1) is 0 Å². The summed E-state index contributed by atoms with van der Waals surface area (Å²) in [5.74, 6) is 0. The number of rotatable bonds is 6. The first-order valence-electron chi connectivity index (χ1n) is 11.4. The van der Waals surface area contributed by atoms with E-state index in [9.17, 15) is 15.8 Å². The van der Waals surface area contributed by atoms with Crippen molar-refractivity contribution in [2.45, 2.75) is 0 Å². The third kappa shape index (κ3) is 5.92. The van der Waals surface area contributed by atoms with Gasteiger partial charge in [-0.1, -0.05) is 91.0 Å². The molecule has 0 atom stereocenters. The number of benzene rings is 4. The van der Waals surface area contributed by atoms with Crippen molar-refractivity contribution in [3.05, 3.63) is 143 Å². The van der Waals surface area contributed by atoms with Crippen LogP contribution in [0.1, 0.15) is 33.4 Å². The minimum Gasteiger partial charge on any atom is -0.192 e. The Hall–Kier alpha value is -5.43. The molecule has 0 fully saturated rings. The van der Waals surface area contributed by atoms with Crippen LogP contribution in [0.15, 0.2) is 109 Å². The molecule has 168 valence electrons. The van der Waals surface area contributed by atoms with E-state index in [4.69, 9.17) is 0 Å². The quantitative estimate of drug-likeness (QED) is 0.217. The van der Waals surface area contributed by atoms with Crippen LogP contribution in [-0.2, 0) is 0 Å². The van der Waals surface area contributed by atoms with Gasteiger partial charge in [0.05, 0.1) is 34.9 Å². The van der Waals surface area contributed by atoms with Gasteiger partial charge >= 0.3 is 0 Å². The van der Waals surface area contributed by atoms with Crippen LogP contribution in [0.5, 0.6) is 0 Å². The number of nitrogens with zero attached hydrogens (tertiary/aromatic N) is 3. The van der Waals surface area contributed by atoms with Crippen molar-refractivity contribution in [3.8, 4) is 18.2 Å². The Morgan fingerprint density at radius 1 is 0.417 bits per heavy atom. The molecule has 0 aliphatic carbocycles. The Labute approximate surface area is 211 Å². The molecule has 0 bridgehead atoms. The normalized spacial score (nSPS) is 11.8. The first kappa shape index (κ1) is 23.7. The Balaban J connectivity index is 1.87. The molecule has 0 N–H and O–H groups in total. The fourth-order valence-corrected chi connectivity index (χ4v) is 3.85. The summed E-state index contributed by atoms with van der Waals surface area (Å²) >= 11 is 0. The highest BCUT2D eigenvalue weighted by Gasteiger charge is 2.07. The summed E-state index contributed by atoms with van der Waals surface area (Å²) in [7, 11) is 0. The van der Waals surface area contributed by atoms with E-state index >= 15 is 0 Å². The van der Waals surface area contributed by atoms with E-state index in [-0.39, 0.29) is 0 Å². The predicted molar refractivity (Wildman–Crippen MR) is 146 cm³/mol. The summed E-state index contributed by atoms with van der Waals surface area (Å²) in [6.45, 7) is 0. The topological polar surface area (TPSA) is 71.4 Å². The van der Waals surface area contributed by atoms with Gasteiger partial charge in [-0.25, -0.2) is 0 Å². The highest BCUT2D eigenvalue weighted by Crippen LogP contribution is 2.25. The second kappa shape index (κ2) is 11.6. The average molecular weight is 460 g/mol. The Bertz CT molecular complexity index is 1370. The van der Waals surface area contributed by atoms with Gasteiger partial charge in [0.2, 0.25) is 0 Å². The molecule has 36 heavy (non-hydrogen) atoms. The van der Waals surface area contributed by atoms with Crippen molar-refractivity contribution in [1.82, 2.24) is 0 Å². The summed E-state index contributed by atoms with van der Waals surface area (Å²) in [4.78, 5) is 0. The summed E-state index contributed by atoms with van der Waals surface area (Å²) in [5, 5.41) is 29.4. The number of hydrogen-bond acceptors (Lipinski definition) is 3. The molecule has 0 aromatic heterocycles. The predicted octanol–water partition coefficient (Wildman–Crippen LogP) is 7.88. The maximum absolute atomic E-state index is 9.82. The standard InChI is InChI=1S/C33H21N3/c34-22-31(28-10-4-1-5-11-28)19-25-16-26(20-32(23-35)29-12-6-2-7-13-29)18-27(17-25)21-33(24-36)30-14-8-3-9-15-30/h1-21H/b31-19-,32-20-,33-21-. The molecule has 0 amide bonds. The molecule has 0 saturated heterocycles. The first-order chi connectivity index (χ1) is 17.7. The number of nitriles is 3. The highest BCUT2D eigenvalue weighted by molar-refractivity contribution is 5.94. The van der Waals surface area contributed by atoms with Crippen molar-refractivity contribution in [2.75, 3.05) is 0 Å². The lowest BCUT2D eigenvalue weighted by atomic mass is 9.96. The maximum Gasteiger partial charge on any atom is 0.0998 e. The zero-order valence-corrected chi connectivity index (χ0v) is 19.5. The van der Waals surface area contributed by atoms with Gasteiger partial charge in [0, 0.05) is 0 Å². The van der Waals surface area contributed by atoms with Crippen molar-refractivity contribution in [3.63, 3.8) is 0 Å². The fraction of sp³-hybridized carbons (Fsp3) is 0. The van der Waals surface area contributed by atoms with Crippen molar-refractivity contribution < 1.29 is 0 Å². The molecule has 0 saturated carbocycles. The molecular formula is C33H21N3. The number of hydrogen-bond donors (Lipinski definition) is 0. The molecular weight excluding hydrogens is 438 g/mol. The number of allylic oxidation sites excluding steroid dienone is 3. The van der Waals surface area contributed by atoms with Gasteiger partial charge in [-0.2, -0.15) is 15.8 Å². The second-order valence-electron chi connectivity index (χ2n) is 8.04. The molecule has 4 rings (SSSR count). The fourth-order valence-electron chi connectivity index (χ4n) is 3.85. The van der Waals surface area contributed by atoms with Gasteiger partial charge in [0.15, 0.2) is 0 Å². The van der Waals surface area contributed by atoms with Crippen LogP contribution in [0, 0.1) is 34.0 Å². The highest BCUT2D eigenvalue weighted by atomic mass is 14.3. The lowest BCUT2D eigenvalue weighted by Gasteiger charge is -2.06. The van der Waals surface area contributed by atoms with Gasteiger partial charge in [-0.3, -0.25) is 0 Å². The summed E-state index contributed by atoms with van der Waals surface area (Å²) in [6.07, 6.45) is 5.48. The molecule has 0 aliphatic heterocycles. The molecule has 4 aromatic rings. The maximum atomic E-state index is 9.82. The molecule has 0 radical (unpaired) electrons. The summed E-state index contributed by atoms with van der Waals surface area (Å²) in [6, 6.07) is 41.1. The van der Waals surface area contributed by atoms with Crippen molar-refractivity contribution >= 4 is 34.9 Å². The van der Waals surface area contributed by atoms with Crippen LogP contribution in [-0.4, -0.2) is 0 Å². The van der Waals surface area contributed by atoms with E-state index < -0.39 is 0 Å². The van der Waals surface area contributed by atoms with E-state index in [0.717, 1.165) is 33.4 Å². The molecule has 3 heteroatoms. The Morgan fingerprint density at radius 2 is 0.667 bits per heavy atom. The van der Waals surface area contributed by atoms with Crippen molar-refractivity contribution in [2.24, 2.45) is 0 Å². The van der Waals surface area contributed by atoms with Crippen LogP contribution in [0.4, 0.5) is 0 Å². The Kier molecular flexibility index (Phi) is 7.66. The van der Waals surface area contributed by atoms with Gasteiger partial charge in [-0.05, 0) is 69.8 Å². The van der Waals surface area contributed by atoms with E-state index in [2.05, 4.69) is 18.2 Å². The van der Waals surface area contributed by atoms with Gasteiger partial charge in [0.25, 0.3) is 0 Å². The molecule has 0 spiro atoms. The zero-order chi connectivity index (χ0) is 25.2. The van der Waals surface area contributed by atoms with Crippen molar-refractivity contribution in [1.29, 1.82) is 15.8 Å². The average Bonchev–Trinajstić information content (AvgIpc) is 2.94. The third-order valence-corrected chi connectivity index (χ3v) is 5.55. The second-order valence-corrected chi connectivity index (χ2v) is 8.04. The SMILES string of the molecule is N#C/C(=C/c1cc(/C=C(/C#N)c2ccccc2)cc(/C=C(/C#N)c2ccccc2)c1)c1ccccc1. The van der Waals surface area contributed by atoms with Crippen LogP contribution in [0.3, 0.4) is 0 Å². The van der Waals surface area contributed by atoms with Crippen LogP contribution >= 0.6 is 0 Å². The Morgan fingerprint density at radius 3 is 0.889 bits per heavy atom. The smallest absolute Gasteiger partial charge is 0.0998 e. The molecule has 4 aromatic carbocycles. The van der Waals surface area contributed by atoms with E-state index in [0.29, 0.717) is 16.7 Å². The summed E-state index contributed by atoms with van der Waals surface area (Å²) < 4.78 is 0. The minimum atomic E-state index is 0.527. The lowest BCUT2D eigenvalue weighted by Crippen LogP contribution is -1.88. The van der Waals surface area contributed by atoms with E-state index in [1.165, 1.54) is 0 Å². The molecule has 0 heterocycles. The monoisotopic (exact) mass is 459 g/mol.